The number of alkyl halides is 3. The first-order chi connectivity index (χ1) is 22.5. The van der Waals surface area contributed by atoms with Crippen LogP contribution in [0.15, 0.2) is 59.8 Å². The van der Waals surface area contributed by atoms with E-state index in [1.807, 2.05) is 25.9 Å². The topological polar surface area (TPSA) is 95.9 Å². The molecule has 1 unspecified atom stereocenters. The summed E-state index contributed by atoms with van der Waals surface area (Å²) in [7, 11) is 3.78. The number of aromatic nitrogens is 3. The molecule has 2 aromatic carbocycles. The van der Waals surface area contributed by atoms with Crippen LogP contribution in [0.3, 0.4) is 0 Å². The van der Waals surface area contributed by atoms with Crippen molar-refractivity contribution >= 4 is 12.2 Å². The van der Waals surface area contributed by atoms with Crippen LogP contribution in [0.4, 0.5) is 22.0 Å². The molecule has 3 heterocycles. The van der Waals surface area contributed by atoms with E-state index in [-0.39, 0.29) is 48.2 Å². The second kappa shape index (κ2) is 14.3. The summed E-state index contributed by atoms with van der Waals surface area (Å²) >= 11 is 0. The molecule has 0 saturated carbocycles. The number of nitrogens with one attached hydrogen (secondary N) is 1. The summed E-state index contributed by atoms with van der Waals surface area (Å²) in [5, 5.41) is 5.81. The molecule has 4 aromatic rings. The second-order valence-corrected chi connectivity index (χ2v) is 11.1. The first kappa shape index (κ1) is 33.5. The van der Waals surface area contributed by atoms with E-state index in [1.165, 1.54) is 53.8 Å². The number of hydrogen-bond donors (Lipinski definition) is 1. The number of nitrogens with zero attached hydrogens (tertiary/aromatic N) is 5. The fourth-order valence-electron chi connectivity index (χ4n) is 5.03. The Morgan fingerprint density at radius 1 is 1.09 bits per heavy atom. The number of hydrazone groups is 1. The highest BCUT2D eigenvalue weighted by atomic mass is 19.4. The number of benzene rings is 2. The van der Waals surface area contributed by atoms with Gasteiger partial charge >= 0.3 is 12.1 Å². The Balaban J connectivity index is 1.44. The van der Waals surface area contributed by atoms with E-state index in [0.717, 1.165) is 12.1 Å². The summed E-state index contributed by atoms with van der Waals surface area (Å²) in [5.74, 6) is -2.55. The normalized spacial score (nSPS) is 13.5. The van der Waals surface area contributed by atoms with Crippen LogP contribution in [0.5, 0.6) is 5.75 Å². The Morgan fingerprint density at radius 2 is 1.89 bits per heavy atom. The van der Waals surface area contributed by atoms with E-state index in [4.69, 9.17) is 9.47 Å². The number of hydrogen-bond acceptors (Lipinski definition) is 8. The molecular weight excluding hydrogens is 623 g/mol. The number of halogens is 5. The average molecular weight is 657 g/mol. The molecule has 0 bridgehead atoms. The van der Waals surface area contributed by atoms with E-state index in [1.54, 1.807) is 0 Å². The molecular formula is C33H33F5N6O3. The molecule has 1 aliphatic rings. The van der Waals surface area contributed by atoms with Crippen molar-refractivity contribution in [1.82, 2.24) is 24.9 Å². The second-order valence-electron chi connectivity index (χ2n) is 11.1. The van der Waals surface area contributed by atoms with Crippen LogP contribution in [0.1, 0.15) is 48.3 Å². The molecule has 14 heteroatoms. The number of imidazole rings is 1. The number of fused-ring (bicyclic) bond motifs is 1. The van der Waals surface area contributed by atoms with Gasteiger partial charge in [-0.05, 0) is 63.3 Å². The molecule has 0 amide bonds. The number of rotatable bonds is 12. The molecule has 0 spiro atoms. The van der Waals surface area contributed by atoms with Crippen LogP contribution in [0, 0.1) is 11.6 Å². The highest BCUT2D eigenvalue weighted by Crippen LogP contribution is 2.39. The molecule has 0 fully saturated rings. The maximum Gasteiger partial charge on any atom is 0.417 e. The summed E-state index contributed by atoms with van der Waals surface area (Å²) in [4.78, 5) is 27.1. The number of esters is 1. The van der Waals surface area contributed by atoms with Crippen molar-refractivity contribution in [2.24, 2.45) is 5.10 Å². The van der Waals surface area contributed by atoms with Crippen LogP contribution < -0.4 is 4.74 Å². The van der Waals surface area contributed by atoms with Crippen LogP contribution in [0.25, 0.3) is 22.6 Å². The van der Waals surface area contributed by atoms with Crippen molar-refractivity contribution in [3.63, 3.8) is 0 Å². The quantitative estimate of drug-likeness (QED) is 0.104. The van der Waals surface area contributed by atoms with Gasteiger partial charge in [0, 0.05) is 23.9 Å². The SMILES string of the molecule is CCCOc1ccc(-c2ccc(C(C(=O)OCCCN(C)C)N3Cc4[nH]c(-c5cccc(F)c5F)nc4C=N3)cn2)c(C(F)(F)F)c1. The smallest absolute Gasteiger partial charge is 0.417 e. The minimum atomic E-state index is -4.67. The molecule has 1 N–H and O–H groups in total. The predicted molar refractivity (Wildman–Crippen MR) is 164 cm³/mol. The molecule has 5 rings (SSSR count). The van der Waals surface area contributed by atoms with Gasteiger partial charge in [0.15, 0.2) is 17.7 Å². The first-order valence-electron chi connectivity index (χ1n) is 14.9. The third kappa shape index (κ3) is 7.76. The van der Waals surface area contributed by atoms with Crippen molar-refractivity contribution in [3.05, 3.63) is 88.9 Å². The minimum absolute atomic E-state index is 0.00638. The molecule has 0 radical (unpaired) electrons. The van der Waals surface area contributed by atoms with E-state index in [9.17, 15) is 26.7 Å². The van der Waals surface area contributed by atoms with Gasteiger partial charge in [-0.1, -0.05) is 19.1 Å². The fraction of sp³-hybridized carbons (Fsp3) is 0.333. The summed E-state index contributed by atoms with van der Waals surface area (Å²) in [6.45, 7) is 2.93. The van der Waals surface area contributed by atoms with Crippen LogP contribution >= 0.6 is 0 Å². The first-order valence-corrected chi connectivity index (χ1v) is 14.9. The zero-order chi connectivity index (χ0) is 33.7. The van der Waals surface area contributed by atoms with Gasteiger partial charge in [0.25, 0.3) is 0 Å². The monoisotopic (exact) mass is 656 g/mol. The van der Waals surface area contributed by atoms with Gasteiger partial charge in [0.05, 0.1) is 48.5 Å². The van der Waals surface area contributed by atoms with Gasteiger partial charge in [0.1, 0.15) is 17.3 Å². The van der Waals surface area contributed by atoms with E-state index in [2.05, 4.69) is 20.1 Å². The predicted octanol–water partition coefficient (Wildman–Crippen LogP) is 6.61. The lowest BCUT2D eigenvalue weighted by molar-refractivity contribution is -0.151. The van der Waals surface area contributed by atoms with Crippen LogP contribution in [0.2, 0.25) is 0 Å². The van der Waals surface area contributed by atoms with Gasteiger partial charge in [-0.25, -0.2) is 18.6 Å². The molecule has 1 aliphatic heterocycles. The molecule has 248 valence electrons. The fourth-order valence-corrected chi connectivity index (χ4v) is 5.03. The van der Waals surface area contributed by atoms with Gasteiger partial charge in [0.2, 0.25) is 0 Å². The Bertz CT molecular complexity index is 1740. The Morgan fingerprint density at radius 3 is 2.60 bits per heavy atom. The lowest BCUT2D eigenvalue weighted by atomic mass is 10.0. The standard InChI is InChI=1S/C33H33F5N6O3/c1-4-14-46-21-10-11-22(24(16-21)33(36,37)38)26-12-9-20(17-39-26)30(32(45)47-15-6-13-43(2)3)44-19-28-27(18-40-44)41-31(42-28)23-7-5-8-25(34)29(23)35/h5,7-12,16-18,30H,4,6,13-15,19H2,1-3H3,(H,41,42). The van der Waals surface area contributed by atoms with Crippen molar-refractivity contribution in [2.75, 3.05) is 33.9 Å². The summed E-state index contributed by atoms with van der Waals surface area (Å²) < 4.78 is 81.5. The number of aromatic amines is 1. The van der Waals surface area contributed by atoms with E-state index < -0.39 is 35.4 Å². The van der Waals surface area contributed by atoms with E-state index >= 15 is 0 Å². The molecule has 1 atom stereocenters. The maximum absolute atomic E-state index is 14.5. The van der Waals surface area contributed by atoms with Crippen molar-refractivity contribution < 1.29 is 36.2 Å². The Hall–Kier alpha value is -4.85. The van der Waals surface area contributed by atoms with Crippen molar-refractivity contribution in [1.29, 1.82) is 0 Å². The average Bonchev–Trinajstić information content (AvgIpc) is 3.47. The highest BCUT2D eigenvalue weighted by Gasteiger charge is 2.36. The van der Waals surface area contributed by atoms with Crippen molar-refractivity contribution in [3.8, 4) is 28.4 Å². The minimum Gasteiger partial charge on any atom is -0.494 e. The molecule has 9 nitrogen and oxygen atoms in total. The number of carbonyl (C=O) groups is 1. The number of ether oxygens (including phenoxy) is 2. The Kier molecular flexibility index (Phi) is 10.2. The van der Waals surface area contributed by atoms with Crippen LogP contribution in [-0.2, 0) is 22.3 Å². The molecule has 0 saturated heterocycles. The summed E-state index contributed by atoms with van der Waals surface area (Å²) in [6.07, 6.45) is -0.772. The summed E-state index contributed by atoms with van der Waals surface area (Å²) in [5.41, 5.74) is 0.0953. The van der Waals surface area contributed by atoms with Gasteiger partial charge in [-0.2, -0.15) is 18.3 Å². The Labute approximate surface area is 268 Å². The number of pyridine rings is 1. The lowest BCUT2D eigenvalue weighted by Crippen LogP contribution is -2.34. The zero-order valence-corrected chi connectivity index (χ0v) is 25.9. The van der Waals surface area contributed by atoms with Gasteiger partial charge in [-0.3, -0.25) is 9.99 Å². The van der Waals surface area contributed by atoms with Crippen LogP contribution in [-0.4, -0.2) is 70.9 Å². The highest BCUT2D eigenvalue weighted by molar-refractivity contribution is 5.82. The molecule has 2 aromatic heterocycles. The molecule has 0 aliphatic carbocycles. The largest absolute Gasteiger partial charge is 0.494 e. The van der Waals surface area contributed by atoms with Gasteiger partial charge in [-0.15, -0.1) is 0 Å². The van der Waals surface area contributed by atoms with Gasteiger partial charge < -0.3 is 19.4 Å². The van der Waals surface area contributed by atoms with E-state index in [0.29, 0.717) is 36.3 Å². The third-order valence-electron chi connectivity index (χ3n) is 7.33. The van der Waals surface area contributed by atoms with Crippen molar-refractivity contribution in [2.45, 2.75) is 38.5 Å². The lowest BCUT2D eigenvalue weighted by Gasteiger charge is -2.29. The molecule has 47 heavy (non-hydrogen) atoms. The maximum atomic E-state index is 14.5. The third-order valence-corrected chi connectivity index (χ3v) is 7.33. The number of carbonyl (C=O) groups excluding carboxylic acids is 1. The summed E-state index contributed by atoms with van der Waals surface area (Å²) in [6, 6.07) is 9.22. The number of H-pyrrole nitrogens is 1. The zero-order valence-electron chi connectivity index (χ0n) is 25.9.